The zero-order valence-corrected chi connectivity index (χ0v) is 10.9. The van der Waals surface area contributed by atoms with E-state index in [2.05, 4.69) is 24.4 Å². The first kappa shape index (κ1) is 11.7. The molecule has 2 aromatic rings. The average molecular weight is 257 g/mol. The molecule has 0 bridgehead atoms. The van der Waals surface area contributed by atoms with Gasteiger partial charge in [-0.1, -0.05) is 17.7 Å². The summed E-state index contributed by atoms with van der Waals surface area (Å²) in [4.78, 5) is 0. The molecule has 0 aliphatic carbocycles. The quantitative estimate of drug-likeness (QED) is 0.913. The Hall–Kier alpha value is -2.36. The molecule has 1 N–H and O–H groups in total. The van der Waals surface area contributed by atoms with E-state index >= 15 is 0 Å². The predicted molar refractivity (Wildman–Crippen MR) is 73.6 cm³/mol. The van der Waals surface area contributed by atoms with E-state index in [1.54, 1.807) is 7.11 Å². The van der Waals surface area contributed by atoms with Gasteiger partial charge < -0.3 is 19.5 Å². The minimum absolute atomic E-state index is 0.221. The van der Waals surface area contributed by atoms with Crippen LogP contribution in [-0.2, 0) is 0 Å². The van der Waals surface area contributed by atoms with E-state index in [9.17, 15) is 0 Å². The van der Waals surface area contributed by atoms with E-state index in [-0.39, 0.29) is 6.79 Å². The number of benzene rings is 2. The van der Waals surface area contributed by atoms with E-state index < -0.39 is 0 Å². The molecule has 0 atom stereocenters. The molecule has 1 heterocycles. The molecule has 0 aromatic heterocycles. The predicted octanol–water partition coefficient (Wildman–Crippen LogP) is 3.48. The fourth-order valence-corrected chi connectivity index (χ4v) is 2.02. The molecule has 0 unspecified atom stereocenters. The molecule has 0 radical (unpaired) electrons. The first-order chi connectivity index (χ1) is 9.28. The first-order valence-electron chi connectivity index (χ1n) is 6.08. The van der Waals surface area contributed by atoms with Crippen LogP contribution >= 0.6 is 0 Å². The molecule has 3 rings (SSSR count). The third-order valence-corrected chi connectivity index (χ3v) is 3.03. The van der Waals surface area contributed by atoms with Gasteiger partial charge in [-0.05, 0) is 31.2 Å². The molecule has 4 nitrogen and oxygen atoms in total. The maximum absolute atomic E-state index is 5.50. The third kappa shape index (κ3) is 2.17. The van der Waals surface area contributed by atoms with E-state index in [0.29, 0.717) is 17.2 Å². The monoisotopic (exact) mass is 257 g/mol. The van der Waals surface area contributed by atoms with Gasteiger partial charge in [0, 0.05) is 5.69 Å². The molecule has 0 saturated heterocycles. The zero-order valence-electron chi connectivity index (χ0n) is 10.9. The Morgan fingerprint density at radius 1 is 1.00 bits per heavy atom. The van der Waals surface area contributed by atoms with Crippen molar-refractivity contribution in [3.05, 3.63) is 42.0 Å². The summed E-state index contributed by atoms with van der Waals surface area (Å²) in [7, 11) is 1.62. The first-order valence-corrected chi connectivity index (χ1v) is 6.08. The van der Waals surface area contributed by atoms with Crippen LogP contribution in [0.1, 0.15) is 5.56 Å². The van der Waals surface area contributed by atoms with E-state index in [1.807, 2.05) is 24.3 Å². The molecule has 4 heteroatoms. The fourth-order valence-electron chi connectivity index (χ4n) is 2.02. The molecular weight excluding hydrogens is 242 g/mol. The summed E-state index contributed by atoms with van der Waals surface area (Å²) in [5.74, 6) is 2.03. The average Bonchev–Trinajstić information content (AvgIpc) is 2.91. The molecule has 1 aliphatic rings. The number of hydrogen-bond donors (Lipinski definition) is 1. The lowest BCUT2D eigenvalue weighted by Gasteiger charge is -2.11. The number of ether oxygens (including phenoxy) is 3. The van der Waals surface area contributed by atoms with E-state index in [0.717, 1.165) is 11.4 Å². The van der Waals surface area contributed by atoms with Gasteiger partial charge in [0.1, 0.15) is 0 Å². The molecule has 0 spiro atoms. The highest BCUT2D eigenvalue weighted by molar-refractivity contribution is 5.73. The van der Waals surface area contributed by atoms with Crippen LogP contribution in [0.4, 0.5) is 11.4 Å². The normalized spacial score (nSPS) is 12.3. The minimum Gasteiger partial charge on any atom is -0.493 e. The van der Waals surface area contributed by atoms with Gasteiger partial charge in [0.05, 0.1) is 12.8 Å². The second-order valence-electron chi connectivity index (χ2n) is 4.37. The summed E-state index contributed by atoms with van der Waals surface area (Å²) in [6.07, 6.45) is 0. The number of hydrogen-bond acceptors (Lipinski definition) is 4. The molecule has 19 heavy (non-hydrogen) atoms. The Bertz CT molecular complexity index is 593. The summed E-state index contributed by atoms with van der Waals surface area (Å²) < 4.78 is 16.2. The SMILES string of the molecule is COc1ccc(Nc2ccc(C)cc2)c2c1OCO2. The van der Waals surface area contributed by atoms with Gasteiger partial charge in [0.25, 0.3) is 0 Å². The third-order valence-electron chi connectivity index (χ3n) is 3.03. The summed E-state index contributed by atoms with van der Waals surface area (Å²) in [6, 6.07) is 12.0. The summed E-state index contributed by atoms with van der Waals surface area (Å²) in [5.41, 5.74) is 3.11. The molecule has 0 amide bonds. The van der Waals surface area contributed by atoms with E-state index in [1.165, 1.54) is 5.56 Å². The minimum atomic E-state index is 0.221. The molecule has 0 saturated carbocycles. The van der Waals surface area contributed by atoms with Crippen molar-refractivity contribution in [2.24, 2.45) is 0 Å². The maximum atomic E-state index is 5.50. The Balaban J connectivity index is 1.94. The van der Waals surface area contributed by atoms with Crippen molar-refractivity contribution >= 4 is 11.4 Å². The Kier molecular flexibility index (Phi) is 2.91. The molecular formula is C15H15NO3. The summed E-state index contributed by atoms with van der Waals surface area (Å²) in [5, 5.41) is 3.32. The van der Waals surface area contributed by atoms with Crippen LogP contribution in [0.2, 0.25) is 0 Å². The van der Waals surface area contributed by atoms with Crippen LogP contribution in [0, 0.1) is 6.92 Å². The Morgan fingerprint density at radius 2 is 1.74 bits per heavy atom. The van der Waals surface area contributed by atoms with Gasteiger partial charge in [-0.25, -0.2) is 0 Å². The smallest absolute Gasteiger partial charge is 0.231 e. The molecule has 1 aliphatic heterocycles. The maximum Gasteiger partial charge on any atom is 0.231 e. The largest absolute Gasteiger partial charge is 0.493 e. The zero-order chi connectivity index (χ0) is 13.2. The van der Waals surface area contributed by atoms with Crippen molar-refractivity contribution in [3.63, 3.8) is 0 Å². The lowest BCUT2D eigenvalue weighted by atomic mass is 10.2. The Morgan fingerprint density at radius 3 is 2.47 bits per heavy atom. The number of aryl methyl sites for hydroxylation is 1. The van der Waals surface area contributed by atoms with Crippen LogP contribution in [0.25, 0.3) is 0 Å². The second kappa shape index (κ2) is 4.72. The highest BCUT2D eigenvalue weighted by Gasteiger charge is 2.22. The van der Waals surface area contributed by atoms with E-state index in [4.69, 9.17) is 14.2 Å². The number of fused-ring (bicyclic) bond motifs is 1. The molecule has 98 valence electrons. The lowest BCUT2D eigenvalue weighted by Crippen LogP contribution is -1.95. The van der Waals surface area contributed by atoms with Crippen LogP contribution in [0.15, 0.2) is 36.4 Å². The van der Waals surface area contributed by atoms with Crippen molar-refractivity contribution in [1.29, 1.82) is 0 Å². The standard InChI is InChI=1S/C15H15NO3/c1-10-3-5-11(6-4-10)16-12-7-8-13(17-2)15-14(12)18-9-19-15/h3-8,16H,9H2,1-2H3. The van der Waals surface area contributed by atoms with Crippen molar-refractivity contribution < 1.29 is 14.2 Å². The highest BCUT2D eigenvalue weighted by Crippen LogP contribution is 2.46. The van der Waals surface area contributed by atoms with Crippen molar-refractivity contribution in [2.75, 3.05) is 19.2 Å². The van der Waals surface area contributed by atoms with Crippen molar-refractivity contribution in [2.45, 2.75) is 6.92 Å². The number of nitrogens with one attached hydrogen (secondary N) is 1. The lowest BCUT2D eigenvalue weighted by molar-refractivity contribution is 0.171. The van der Waals surface area contributed by atoms with Crippen LogP contribution in [-0.4, -0.2) is 13.9 Å². The van der Waals surface area contributed by atoms with Gasteiger partial charge in [-0.3, -0.25) is 0 Å². The summed E-state index contributed by atoms with van der Waals surface area (Å²) >= 11 is 0. The highest BCUT2D eigenvalue weighted by atomic mass is 16.7. The number of anilines is 2. The van der Waals surface area contributed by atoms with Gasteiger partial charge in [-0.15, -0.1) is 0 Å². The van der Waals surface area contributed by atoms with Gasteiger partial charge in [0.15, 0.2) is 11.5 Å². The molecule has 2 aromatic carbocycles. The van der Waals surface area contributed by atoms with Crippen molar-refractivity contribution in [1.82, 2.24) is 0 Å². The summed E-state index contributed by atoms with van der Waals surface area (Å²) in [6.45, 7) is 2.28. The second-order valence-corrected chi connectivity index (χ2v) is 4.37. The number of rotatable bonds is 3. The Labute approximate surface area is 111 Å². The van der Waals surface area contributed by atoms with Crippen molar-refractivity contribution in [3.8, 4) is 17.2 Å². The molecule has 0 fully saturated rings. The topological polar surface area (TPSA) is 39.7 Å². The number of methoxy groups -OCH3 is 1. The van der Waals surface area contributed by atoms with Gasteiger partial charge in [-0.2, -0.15) is 0 Å². The van der Waals surface area contributed by atoms with Gasteiger partial charge in [0.2, 0.25) is 12.5 Å². The van der Waals surface area contributed by atoms with Gasteiger partial charge >= 0.3 is 0 Å². The van der Waals surface area contributed by atoms with Crippen LogP contribution in [0.5, 0.6) is 17.2 Å². The fraction of sp³-hybridized carbons (Fsp3) is 0.200. The van der Waals surface area contributed by atoms with Crippen LogP contribution in [0.3, 0.4) is 0 Å². The van der Waals surface area contributed by atoms with Crippen LogP contribution < -0.4 is 19.5 Å².